The first kappa shape index (κ1) is 16.5. The summed E-state index contributed by atoms with van der Waals surface area (Å²) in [6.45, 7) is 2.20. The number of amides is 1. The van der Waals surface area contributed by atoms with Crippen LogP contribution in [-0.2, 0) is 19.1 Å². The van der Waals surface area contributed by atoms with E-state index in [1.807, 2.05) is 0 Å². The predicted octanol–water partition coefficient (Wildman–Crippen LogP) is 2.27. The first-order valence-electron chi connectivity index (χ1n) is 7.87. The van der Waals surface area contributed by atoms with Crippen molar-refractivity contribution in [3.8, 4) is 0 Å². The molecule has 0 spiro atoms. The number of ether oxygens (including phenoxy) is 2. The van der Waals surface area contributed by atoms with Gasteiger partial charge in [-0.05, 0) is 51.0 Å². The molecule has 0 aromatic heterocycles. The zero-order valence-corrected chi connectivity index (χ0v) is 13.0. The Kier molecular flexibility index (Phi) is 5.57. The Bertz CT molecular complexity index is 479. The lowest BCUT2D eigenvalue weighted by atomic mass is 10.0. The van der Waals surface area contributed by atoms with Gasteiger partial charge in [0.1, 0.15) is 18.6 Å². The molecule has 6 heteroatoms. The van der Waals surface area contributed by atoms with Crippen LogP contribution in [0.3, 0.4) is 0 Å². The smallest absolute Gasteiger partial charge is 0.408 e. The molecule has 0 radical (unpaired) electrons. The second kappa shape index (κ2) is 7.42. The average Bonchev–Trinajstić information content (AvgIpc) is 3.27. The van der Waals surface area contributed by atoms with Gasteiger partial charge in [0.05, 0.1) is 6.61 Å². The van der Waals surface area contributed by atoms with E-state index in [0.717, 1.165) is 24.8 Å². The first-order chi connectivity index (χ1) is 10.6. The Morgan fingerprint density at radius 1 is 1.23 bits per heavy atom. The van der Waals surface area contributed by atoms with Crippen LogP contribution in [0.5, 0.6) is 0 Å². The van der Waals surface area contributed by atoms with E-state index in [1.54, 1.807) is 6.92 Å². The maximum absolute atomic E-state index is 12.1. The van der Waals surface area contributed by atoms with Crippen molar-refractivity contribution < 1.29 is 23.9 Å². The number of alkyl carbamates (subject to hydrolysis) is 1. The van der Waals surface area contributed by atoms with E-state index in [0.29, 0.717) is 12.8 Å². The van der Waals surface area contributed by atoms with Crippen LogP contribution < -0.4 is 5.32 Å². The summed E-state index contributed by atoms with van der Waals surface area (Å²) in [6.07, 6.45) is 6.59. The van der Waals surface area contributed by atoms with Crippen LogP contribution in [0.2, 0.25) is 0 Å². The van der Waals surface area contributed by atoms with Gasteiger partial charge >= 0.3 is 12.1 Å². The number of carbonyl (C=O) groups excluding carboxylic acids is 3. The van der Waals surface area contributed by atoms with Gasteiger partial charge in [0.15, 0.2) is 5.78 Å². The summed E-state index contributed by atoms with van der Waals surface area (Å²) in [5.74, 6) is -0.860. The summed E-state index contributed by atoms with van der Waals surface area (Å²) in [5, 5.41) is 2.61. The molecule has 0 aromatic carbocycles. The van der Waals surface area contributed by atoms with Gasteiger partial charge in [0.2, 0.25) is 0 Å². The quantitative estimate of drug-likeness (QED) is 0.443. The first-order valence-corrected chi connectivity index (χ1v) is 7.87. The van der Waals surface area contributed by atoms with E-state index in [1.165, 1.54) is 6.42 Å². The number of rotatable bonds is 7. The molecule has 1 N–H and O–H groups in total. The van der Waals surface area contributed by atoms with Crippen molar-refractivity contribution in [1.82, 2.24) is 5.32 Å². The van der Waals surface area contributed by atoms with E-state index < -0.39 is 17.6 Å². The number of hydrogen-bond donors (Lipinski definition) is 1. The van der Waals surface area contributed by atoms with Crippen molar-refractivity contribution in [3.05, 3.63) is 11.6 Å². The van der Waals surface area contributed by atoms with E-state index >= 15 is 0 Å². The zero-order chi connectivity index (χ0) is 16.0. The molecular weight excluding hydrogens is 286 g/mol. The lowest BCUT2D eigenvalue weighted by molar-refractivity contribution is -0.146. The van der Waals surface area contributed by atoms with Crippen molar-refractivity contribution in [1.29, 1.82) is 0 Å². The molecule has 2 aliphatic carbocycles. The molecule has 0 atom stereocenters. The molecule has 0 saturated heterocycles. The fraction of sp³-hybridized carbons (Fsp3) is 0.688. The third-order valence-electron chi connectivity index (χ3n) is 4.01. The normalized spacial score (nSPS) is 18.9. The van der Waals surface area contributed by atoms with Crippen molar-refractivity contribution in [2.75, 3.05) is 13.2 Å². The van der Waals surface area contributed by atoms with Gasteiger partial charge < -0.3 is 14.8 Å². The number of carbonyl (C=O) groups is 3. The molecule has 6 nitrogen and oxygen atoms in total. The average molecular weight is 309 g/mol. The van der Waals surface area contributed by atoms with Gasteiger partial charge in [-0.2, -0.15) is 0 Å². The van der Waals surface area contributed by atoms with Crippen LogP contribution in [0.1, 0.15) is 51.9 Å². The standard InChI is InChI=1S/C16H23NO5/c1-2-21-14(19)10-13(18)16(8-9-16)17-15(20)22-11-12-6-4-3-5-7-12/h6H,2-5,7-11H2,1H3,(H,17,20). The third-order valence-corrected chi connectivity index (χ3v) is 4.01. The molecule has 1 amide bonds. The van der Waals surface area contributed by atoms with E-state index in [-0.39, 0.29) is 25.4 Å². The highest BCUT2D eigenvalue weighted by atomic mass is 16.5. The summed E-state index contributed by atoms with van der Waals surface area (Å²) in [7, 11) is 0. The fourth-order valence-corrected chi connectivity index (χ4v) is 2.54. The maximum atomic E-state index is 12.1. The monoisotopic (exact) mass is 309 g/mol. The van der Waals surface area contributed by atoms with Gasteiger partial charge in [0.25, 0.3) is 0 Å². The van der Waals surface area contributed by atoms with Crippen LogP contribution >= 0.6 is 0 Å². The largest absolute Gasteiger partial charge is 0.466 e. The highest BCUT2D eigenvalue weighted by molar-refractivity contribution is 6.04. The molecular formula is C16H23NO5. The predicted molar refractivity (Wildman–Crippen MR) is 79.3 cm³/mol. The van der Waals surface area contributed by atoms with Crippen LogP contribution in [0.4, 0.5) is 4.79 Å². The summed E-state index contributed by atoms with van der Waals surface area (Å²) < 4.78 is 9.93. The molecule has 2 rings (SSSR count). The van der Waals surface area contributed by atoms with Gasteiger partial charge in [-0.1, -0.05) is 6.08 Å². The summed E-state index contributed by atoms with van der Waals surface area (Å²) >= 11 is 0. The van der Waals surface area contributed by atoms with E-state index in [2.05, 4.69) is 11.4 Å². The second-order valence-electron chi connectivity index (χ2n) is 5.80. The minimum absolute atomic E-state index is 0.240. The van der Waals surface area contributed by atoms with Crippen LogP contribution in [0.25, 0.3) is 0 Å². The van der Waals surface area contributed by atoms with Crippen LogP contribution in [-0.4, -0.2) is 36.6 Å². The van der Waals surface area contributed by atoms with Gasteiger partial charge in [-0.15, -0.1) is 0 Å². The van der Waals surface area contributed by atoms with Crippen molar-refractivity contribution >= 4 is 17.8 Å². The summed E-state index contributed by atoms with van der Waals surface area (Å²) in [5.41, 5.74) is 0.203. The number of esters is 1. The molecule has 0 heterocycles. The Balaban J connectivity index is 1.76. The Hall–Kier alpha value is -1.85. The Morgan fingerprint density at radius 3 is 2.59 bits per heavy atom. The molecule has 0 aliphatic heterocycles. The molecule has 0 unspecified atom stereocenters. The summed E-state index contributed by atoms with van der Waals surface area (Å²) in [6, 6.07) is 0. The number of hydrogen-bond acceptors (Lipinski definition) is 5. The van der Waals surface area contributed by atoms with E-state index in [4.69, 9.17) is 9.47 Å². The molecule has 1 fully saturated rings. The Labute approximate surface area is 130 Å². The number of Topliss-reactive ketones (excluding diaryl/α,β-unsaturated/α-hetero) is 1. The topological polar surface area (TPSA) is 81.7 Å². The van der Waals surface area contributed by atoms with Crippen molar-refractivity contribution in [2.45, 2.75) is 57.4 Å². The zero-order valence-electron chi connectivity index (χ0n) is 13.0. The highest BCUT2D eigenvalue weighted by Gasteiger charge is 2.51. The van der Waals surface area contributed by atoms with Crippen LogP contribution in [0.15, 0.2) is 11.6 Å². The van der Waals surface area contributed by atoms with Crippen molar-refractivity contribution in [2.24, 2.45) is 0 Å². The highest BCUT2D eigenvalue weighted by Crippen LogP contribution is 2.37. The molecule has 22 heavy (non-hydrogen) atoms. The molecule has 0 aromatic rings. The number of nitrogens with one attached hydrogen (secondary N) is 1. The van der Waals surface area contributed by atoms with Crippen molar-refractivity contribution in [3.63, 3.8) is 0 Å². The number of allylic oxidation sites excluding steroid dienone is 1. The van der Waals surface area contributed by atoms with Gasteiger partial charge in [-0.3, -0.25) is 9.59 Å². The SMILES string of the molecule is CCOC(=O)CC(=O)C1(NC(=O)OCC2=CCCCC2)CC1. The number of ketones is 1. The van der Waals surface area contributed by atoms with Gasteiger partial charge in [-0.25, -0.2) is 4.79 Å². The van der Waals surface area contributed by atoms with E-state index in [9.17, 15) is 14.4 Å². The molecule has 1 saturated carbocycles. The Morgan fingerprint density at radius 2 is 2.00 bits per heavy atom. The molecule has 122 valence electrons. The minimum atomic E-state index is -0.926. The molecule has 0 bridgehead atoms. The van der Waals surface area contributed by atoms with Crippen LogP contribution in [0, 0.1) is 0 Å². The second-order valence-corrected chi connectivity index (χ2v) is 5.80. The fourth-order valence-electron chi connectivity index (χ4n) is 2.54. The molecule has 2 aliphatic rings. The summed E-state index contributed by atoms with van der Waals surface area (Å²) in [4.78, 5) is 35.3. The van der Waals surface area contributed by atoms with Gasteiger partial charge in [0, 0.05) is 0 Å². The maximum Gasteiger partial charge on any atom is 0.408 e. The lowest BCUT2D eigenvalue weighted by Crippen LogP contribution is -2.44. The third kappa shape index (κ3) is 4.58. The lowest BCUT2D eigenvalue weighted by Gasteiger charge is -2.17. The minimum Gasteiger partial charge on any atom is -0.466 e.